The van der Waals surface area contributed by atoms with E-state index in [2.05, 4.69) is 20.6 Å². The van der Waals surface area contributed by atoms with E-state index >= 15 is 0 Å². The van der Waals surface area contributed by atoms with Gasteiger partial charge in [0.25, 0.3) is 5.91 Å². The van der Waals surface area contributed by atoms with Crippen LogP contribution in [-0.4, -0.2) is 47.0 Å². The smallest absolute Gasteiger partial charge is 0.410 e. The van der Waals surface area contributed by atoms with E-state index in [-0.39, 0.29) is 17.5 Å². The van der Waals surface area contributed by atoms with Crippen molar-refractivity contribution in [1.82, 2.24) is 10.3 Å². The molecule has 2 aromatic rings. The van der Waals surface area contributed by atoms with Crippen molar-refractivity contribution in [3.63, 3.8) is 0 Å². The molecule has 0 bridgehead atoms. The summed E-state index contributed by atoms with van der Waals surface area (Å²) in [6, 6.07) is 10.8. The normalized spacial score (nSPS) is 23.1. The van der Waals surface area contributed by atoms with E-state index in [0.29, 0.717) is 42.1 Å². The third kappa shape index (κ3) is 4.28. The highest BCUT2D eigenvalue weighted by Gasteiger charge is 2.47. The maximum Gasteiger partial charge on any atom is 0.410 e. The number of fused-ring (bicyclic) bond motifs is 1. The first-order chi connectivity index (χ1) is 14.5. The van der Waals surface area contributed by atoms with E-state index < -0.39 is 10.8 Å². The van der Waals surface area contributed by atoms with E-state index in [1.54, 1.807) is 18.2 Å². The second-order valence-electron chi connectivity index (χ2n) is 6.99. The number of carboxylic acid groups (broad SMARTS) is 1. The molecule has 2 atom stereocenters. The maximum atomic E-state index is 12.5. The number of thioether (sulfide) groups is 1. The van der Waals surface area contributed by atoms with Crippen LogP contribution in [0.2, 0.25) is 5.02 Å². The van der Waals surface area contributed by atoms with Gasteiger partial charge in [0.1, 0.15) is 5.69 Å². The molecular formula is C20H19ClN4O4S. The Kier molecular flexibility index (Phi) is 5.94. The Labute approximate surface area is 182 Å². The van der Waals surface area contributed by atoms with Gasteiger partial charge >= 0.3 is 6.09 Å². The van der Waals surface area contributed by atoms with Crippen LogP contribution in [0.3, 0.4) is 0 Å². The number of benzene rings is 1. The average Bonchev–Trinajstić information content (AvgIpc) is 2.74. The van der Waals surface area contributed by atoms with Gasteiger partial charge in [-0.3, -0.25) is 15.1 Å². The summed E-state index contributed by atoms with van der Waals surface area (Å²) in [5.41, 5.74) is 1.88. The highest BCUT2D eigenvalue weighted by atomic mass is 35.5. The standard InChI is InChI=1S/C20H19ClN4O4S/c21-14-4-5-16(22-10-14)17(26)24-15-3-1-2-12(8-15)20-6-7-29-11-13(20)9-23-18(30-20)25-19(27)28/h1-5,8,10,13H,6-7,9,11H2,(H,23,25)(H,24,26)(H,27,28)/t13?,20-/m1/s1. The maximum absolute atomic E-state index is 12.5. The number of pyridine rings is 1. The van der Waals surface area contributed by atoms with Crippen molar-refractivity contribution in [3.8, 4) is 0 Å². The Morgan fingerprint density at radius 1 is 1.27 bits per heavy atom. The number of amidine groups is 1. The number of nitrogens with one attached hydrogen (secondary N) is 2. The monoisotopic (exact) mass is 446 g/mol. The van der Waals surface area contributed by atoms with E-state index in [1.165, 1.54) is 18.0 Å². The summed E-state index contributed by atoms with van der Waals surface area (Å²) in [5, 5.41) is 15.2. The van der Waals surface area contributed by atoms with Crippen molar-refractivity contribution in [1.29, 1.82) is 0 Å². The molecule has 4 rings (SSSR count). The van der Waals surface area contributed by atoms with Crippen molar-refractivity contribution in [2.45, 2.75) is 11.2 Å². The number of carbonyl (C=O) groups excluding carboxylic acids is 1. The van der Waals surface area contributed by atoms with Crippen LogP contribution in [-0.2, 0) is 9.48 Å². The molecule has 0 saturated carbocycles. The van der Waals surface area contributed by atoms with E-state index in [1.807, 2.05) is 18.2 Å². The largest absolute Gasteiger partial charge is 0.465 e. The summed E-state index contributed by atoms with van der Waals surface area (Å²) in [5.74, 6) is -0.240. The molecule has 3 N–H and O–H groups in total. The van der Waals surface area contributed by atoms with Crippen molar-refractivity contribution < 1.29 is 19.4 Å². The minimum atomic E-state index is -1.14. The van der Waals surface area contributed by atoms with Gasteiger partial charge in [0.15, 0.2) is 5.17 Å². The van der Waals surface area contributed by atoms with Gasteiger partial charge in [0.05, 0.1) is 16.4 Å². The lowest BCUT2D eigenvalue weighted by Gasteiger charge is -2.45. The summed E-state index contributed by atoms with van der Waals surface area (Å²) in [6.45, 7) is 1.57. The fraction of sp³-hybridized carbons (Fsp3) is 0.300. The molecule has 0 spiro atoms. The molecule has 8 nitrogen and oxygen atoms in total. The molecule has 156 valence electrons. The molecule has 30 heavy (non-hydrogen) atoms. The number of carbonyl (C=O) groups is 2. The average molecular weight is 447 g/mol. The number of aliphatic imine (C=N–C) groups is 1. The van der Waals surface area contributed by atoms with Crippen LogP contribution in [0.5, 0.6) is 0 Å². The van der Waals surface area contributed by atoms with Crippen molar-refractivity contribution >= 4 is 46.2 Å². The molecule has 10 heteroatoms. The van der Waals surface area contributed by atoms with Crippen LogP contribution in [0.4, 0.5) is 10.5 Å². The van der Waals surface area contributed by atoms with Gasteiger partial charge in [0, 0.05) is 31.0 Å². The van der Waals surface area contributed by atoms with Crippen LogP contribution in [0.1, 0.15) is 22.5 Å². The van der Waals surface area contributed by atoms with Gasteiger partial charge in [-0.05, 0) is 36.2 Å². The minimum Gasteiger partial charge on any atom is -0.465 e. The van der Waals surface area contributed by atoms with Crippen LogP contribution >= 0.6 is 23.4 Å². The van der Waals surface area contributed by atoms with Gasteiger partial charge in [0.2, 0.25) is 0 Å². The number of rotatable bonds is 3. The molecule has 2 aliphatic heterocycles. The molecule has 0 radical (unpaired) electrons. The second kappa shape index (κ2) is 8.63. The van der Waals surface area contributed by atoms with Crippen LogP contribution in [0.15, 0.2) is 47.6 Å². The van der Waals surface area contributed by atoms with E-state index in [0.717, 1.165) is 5.56 Å². The summed E-state index contributed by atoms with van der Waals surface area (Å²) in [6.07, 6.45) is 0.991. The Morgan fingerprint density at radius 3 is 2.90 bits per heavy atom. The molecule has 1 aromatic carbocycles. The van der Waals surface area contributed by atoms with Crippen molar-refractivity contribution in [2.75, 3.05) is 25.1 Å². The third-order valence-electron chi connectivity index (χ3n) is 5.11. The molecule has 2 amide bonds. The van der Waals surface area contributed by atoms with Gasteiger partial charge in [-0.2, -0.15) is 0 Å². The summed E-state index contributed by atoms with van der Waals surface area (Å²) < 4.78 is 5.26. The van der Waals surface area contributed by atoms with Gasteiger partial charge in [-0.25, -0.2) is 9.78 Å². The van der Waals surface area contributed by atoms with Gasteiger partial charge < -0.3 is 15.2 Å². The van der Waals surface area contributed by atoms with E-state index in [4.69, 9.17) is 21.4 Å². The predicted molar refractivity (Wildman–Crippen MR) is 115 cm³/mol. The molecule has 2 aliphatic rings. The van der Waals surface area contributed by atoms with Crippen molar-refractivity contribution in [3.05, 3.63) is 58.9 Å². The molecule has 1 aromatic heterocycles. The highest BCUT2D eigenvalue weighted by molar-refractivity contribution is 8.14. The Morgan fingerprint density at radius 2 is 2.13 bits per heavy atom. The van der Waals surface area contributed by atoms with Gasteiger partial charge in [-0.1, -0.05) is 35.5 Å². The van der Waals surface area contributed by atoms with Crippen molar-refractivity contribution in [2.24, 2.45) is 10.9 Å². The zero-order chi connectivity index (χ0) is 21.1. The first-order valence-corrected chi connectivity index (χ1v) is 10.5. The molecule has 1 fully saturated rings. The number of anilines is 1. The molecule has 3 heterocycles. The topological polar surface area (TPSA) is 113 Å². The first kappa shape index (κ1) is 20.6. The fourth-order valence-corrected chi connectivity index (χ4v) is 5.16. The minimum absolute atomic E-state index is 0.0967. The molecule has 0 aliphatic carbocycles. The summed E-state index contributed by atoms with van der Waals surface area (Å²) >= 11 is 7.24. The van der Waals surface area contributed by atoms with E-state index in [9.17, 15) is 9.59 Å². The Hall–Kier alpha value is -2.62. The first-order valence-electron chi connectivity index (χ1n) is 9.31. The second-order valence-corrected chi connectivity index (χ2v) is 8.74. The lowest BCUT2D eigenvalue weighted by molar-refractivity contribution is 0.0327. The third-order valence-corrected chi connectivity index (χ3v) is 6.90. The number of nitrogens with zero attached hydrogens (tertiary/aromatic N) is 2. The number of amides is 2. The number of hydrogen-bond donors (Lipinski definition) is 3. The Balaban J connectivity index is 1.61. The SMILES string of the molecule is O=C(O)NC1=NCC2COCC[C@]2(c2cccc(NC(=O)c3ccc(Cl)cn3)c2)S1. The zero-order valence-electron chi connectivity index (χ0n) is 15.8. The molecular weight excluding hydrogens is 428 g/mol. The molecule has 1 unspecified atom stereocenters. The Bertz CT molecular complexity index is 1000. The zero-order valence-corrected chi connectivity index (χ0v) is 17.4. The van der Waals surface area contributed by atoms with Gasteiger partial charge in [-0.15, -0.1) is 0 Å². The predicted octanol–water partition coefficient (Wildman–Crippen LogP) is 3.59. The number of halogens is 1. The fourth-order valence-electron chi connectivity index (χ4n) is 3.68. The highest BCUT2D eigenvalue weighted by Crippen LogP contribution is 2.51. The summed E-state index contributed by atoms with van der Waals surface area (Å²) in [4.78, 5) is 32.0. The molecule has 1 saturated heterocycles. The summed E-state index contributed by atoms with van der Waals surface area (Å²) in [7, 11) is 0. The quantitative estimate of drug-likeness (QED) is 0.664. The lowest BCUT2D eigenvalue weighted by Crippen LogP contribution is -2.47. The van der Waals surface area contributed by atoms with Crippen LogP contribution < -0.4 is 10.6 Å². The van der Waals surface area contributed by atoms with Crippen LogP contribution in [0.25, 0.3) is 0 Å². The lowest BCUT2D eigenvalue weighted by atomic mass is 9.81. The number of ether oxygens (including phenoxy) is 1. The number of aromatic nitrogens is 1. The number of hydrogen-bond acceptors (Lipinski definition) is 6. The van der Waals surface area contributed by atoms with Crippen LogP contribution in [0, 0.1) is 5.92 Å².